The normalized spacial score (nSPS) is 30.1. The Balaban J connectivity index is 1.50. The van der Waals surface area contributed by atoms with Crippen LogP contribution in [0.25, 0.3) is 0 Å². The van der Waals surface area contributed by atoms with Crippen LogP contribution in [0, 0.1) is 5.92 Å². The van der Waals surface area contributed by atoms with E-state index in [1.54, 1.807) is 0 Å². The average molecular weight is 262 g/mol. The van der Waals surface area contributed by atoms with Gasteiger partial charge in [0.15, 0.2) is 0 Å². The van der Waals surface area contributed by atoms with E-state index >= 15 is 0 Å². The van der Waals surface area contributed by atoms with Crippen LogP contribution in [0.2, 0.25) is 0 Å². The van der Waals surface area contributed by atoms with E-state index in [0.717, 1.165) is 32.1 Å². The first-order valence-corrected chi connectivity index (χ1v) is 7.28. The van der Waals surface area contributed by atoms with Crippen molar-refractivity contribution in [3.63, 3.8) is 0 Å². The largest absolute Gasteiger partial charge is 0.353 e. The summed E-state index contributed by atoms with van der Waals surface area (Å²) in [5, 5.41) is 10.2. The van der Waals surface area contributed by atoms with Crippen molar-refractivity contribution < 1.29 is 4.79 Å². The molecule has 5 nitrogen and oxygen atoms in total. The summed E-state index contributed by atoms with van der Waals surface area (Å²) in [6.45, 7) is 0. The fourth-order valence-corrected chi connectivity index (χ4v) is 3.38. The Morgan fingerprint density at radius 2 is 2.37 bits per heavy atom. The van der Waals surface area contributed by atoms with Crippen LogP contribution in [0.1, 0.15) is 43.4 Å². The molecular formula is C14H22N4O. The van der Waals surface area contributed by atoms with Crippen molar-refractivity contribution >= 4 is 5.91 Å². The van der Waals surface area contributed by atoms with Crippen LogP contribution in [-0.2, 0) is 17.6 Å². The number of nitrogens with one attached hydrogen (secondary N) is 2. The number of hydrogen-bond acceptors (Lipinski definition) is 3. The lowest BCUT2D eigenvalue weighted by Gasteiger charge is -2.24. The molecule has 0 saturated heterocycles. The Hall–Kier alpha value is -1.36. The fourth-order valence-electron chi connectivity index (χ4n) is 3.38. The Bertz CT molecular complexity index is 456. The van der Waals surface area contributed by atoms with Crippen molar-refractivity contribution in [1.82, 2.24) is 15.5 Å². The number of aromatic amines is 1. The Morgan fingerprint density at radius 1 is 1.47 bits per heavy atom. The molecule has 1 unspecified atom stereocenters. The summed E-state index contributed by atoms with van der Waals surface area (Å²) in [6.07, 6.45) is 8.68. The van der Waals surface area contributed by atoms with E-state index in [1.165, 1.54) is 17.7 Å². The predicted molar refractivity (Wildman–Crippen MR) is 72.5 cm³/mol. The number of nitrogens with zero attached hydrogens (tertiary/aromatic N) is 1. The van der Waals surface area contributed by atoms with E-state index in [1.807, 2.05) is 6.20 Å². The summed E-state index contributed by atoms with van der Waals surface area (Å²) in [4.78, 5) is 12.1. The first-order chi connectivity index (χ1) is 9.22. The van der Waals surface area contributed by atoms with E-state index in [9.17, 15) is 4.79 Å². The minimum Gasteiger partial charge on any atom is -0.353 e. The lowest BCUT2D eigenvalue weighted by molar-refractivity contribution is -0.122. The van der Waals surface area contributed by atoms with Crippen LogP contribution in [0.4, 0.5) is 0 Å². The Kier molecular flexibility index (Phi) is 3.55. The second-order valence-electron chi connectivity index (χ2n) is 5.94. The molecule has 0 spiro atoms. The van der Waals surface area contributed by atoms with Crippen LogP contribution in [-0.4, -0.2) is 28.2 Å². The summed E-state index contributed by atoms with van der Waals surface area (Å²) in [6, 6.07) is 0.479. The molecule has 0 aliphatic heterocycles. The highest BCUT2D eigenvalue weighted by molar-refractivity contribution is 5.76. The fraction of sp³-hybridized carbons (Fsp3) is 0.714. The van der Waals surface area contributed by atoms with Gasteiger partial charge in [0.2, 0.25) is 5.91 Å². The second-order valence-corrected chi connectivity index (χ2v) is 5.94. The molecule has 1 aromatic rings. The molecule has 0 aromatic carbocycles. The molecule has 1 heterocycles. The first kappa shape index (κ1) is 12.7. The van der Waals surface area contributed by atoms with Crippen molar-refractivity contribution in [3.8, 4) is 0 Å². The summed E-state index contributed by atoms with van der Waals surface area (Å²) in [7, 11) is 0. The summed E-state index contributed by atoms with van der Waals surface area (Å²) < 4.78 is 0. The number of carbonyl (C=O) groups is 1. The smallest absolute Gasteiger partial charge is 0.220 e. The third-order valence-corrected chi connectivity index (χ3v) is 4.55. The van der Waals surface area contributed by atoms with Crippen molar-refractivity contribution in [3.05, 3.63) is 17.5 Å². The van der Waals surface area contributed by atoms with Gasteiger partial charge in [0.05, 0.1) is 6.20 Å². The number of amides is 1. The molecule has 3 rings (SSSR count). The lowest BCUT2D eigenvalue weighted by Crippen LogP contribution is -2.40. The molecule has 19 heavy (non-hydrogen) atoms. The number of nitrogens with two attached hydrogens (primary N) is 1. The van der Waals surface area contributed by atoms with Gasteiger partial charge in [0, 0.05) is 24.2 Å². The monoisotopic (exact) mass is 262 g/mol. The van der Waals surface area contributed by atoms with Crippen LogP contribution in [0.5, 0.6) is 0 Å². The van der Waals surface area contributed by atoms with E-state index in [2.05, 4.69) is 15.5 Å². The van der Waals surface area contributed by atoms with Crippen LogP contribution >= 0.6 is 0 Å². The van der Waals surface area contributed by atoms with E-state index in [-0.39, 0.29) is 18.0 Å². The molecule has 0 radical (unpaired) electrons. The predicted octanol–water partition coefficient (Wildman–Crippen LogP) is 0.901. The molecule has 1 saturated carbocycles. The van der Waals surface area contributed by atoms with Gasteiger partial charge >= 0.3 is 0 Å². The van der Waals surface area contributed by atoms with Gasteiger partial charge in [-0.25, -0.2) is 0 Å². The maximum absolute atomic E-state index is 12.1. The number of fused-ring (bicyclic) bond motifs is 1. The minimum absolute atomic E-state index is 0.166. The molecule has 3 atom stereocenters. The summed E-state index contributed by atoms with van der Waals surface area (Å²) >= 11 is 0. The van der Waals surface area contributed by atoms with E-state index in [4.69, 9.17) is 5.73 Å². The van der Waals surface area contributed by atoms with Gasteiger partial charge < -0.3 is 11.1 Å². The molecule has 4 N–H and O–H groups in total. The first-order valence-electron chi connectivity index (χ1n) is 7.28. The topological polar surface area (TPSA) is 83.8 Å². The molecule has 5 heteroatoms. The molecule has 2 aliphatic carbocycles. The number of aryl methyl sites for hydroxylation is 1. The number of aromatic nitrogens is 2. The third-order valence-electron chi connectivity index (χ3n) is 4.55. The molecule has 2 aliphatic rings. The average Bonchev–Trinajstić information content (AvgIpc) is 2.98. The van der Waals surface area contributed by atoms with E-state index < -0.39 is 0 Å². The summed E-state index contributed by atoms with van der Waals surface area (Å²) in [5.41, 5.74) is 8.49. The number of carbonyl (C=O) groups excluding carboxylic acids is 1. The molecular weight excluding hydrogens is 240 g/mol. The maximum atomic E-state index is 12.1. The van der Waals surface area contributed by atoms with Crippen molar-refractivity contribution in [2.45, 2.75) is 57.0 Å². The molecule has 104 valence electrons. The molecule has 0 bridgehead atoms. The number of rotatable bonds is 3. The van der Waals surface area contributed by atoms with Gasteiger partial charge in [-0.1, -0.05) is 6.42 Å². The Labute approximate surface area is 113 Å². The van der Waals surface area contributed by atoms with Crippen molar-refractivity contribution in [2.24, 2.45) is 11.7 Å². The molecule has 1 fully saturated rings. The zero-order chi connectivity index (χ0) is 13.2. The van der Waals surface area contributed by atoms with Gasteiger partial charge in [-0.05, 0) is 43.6 Å². The van der Waals surface area contributed by atoms with Gasteiger partial charge in [-0.3, -0.25) is 9.89 Å². The van der Waals surface area contributed by atoms with Gasteiger partial charge in [-0.15, -0.1) is 0 Å². The quantitative estimate of drug-likeness (QED) is 0.756. The lowest BCUT2D eigenvalue weighted by atomic mass is 9.93. The van der Waals surface area contributed by atoms with Crippen LogP contribution in [0.3, 0.4) is 0 Å². The zero-order valence-electron chi connectivity index (χ0n) is 11.2. The SMILES string of the molecule is N[C@@H]1CCC[C@H]1CC(=O)NC1CCc2[nH]ncc2C1. The van der Waals surface area contributed by atoms with Crippen LogP contribution in [0.15, 0.2) is 6.20 Å². The van der Waals surface area contributed by atoms with Gasteiger partial charge in [0.25, 0.3) is 0 Å². The highest BCUT2D eigenvalue weighted by atomic mass is 16.1. The van der Waals surface area contributed by atoms with Crippen LogP contribution < -0.4 is 11.1 Å². The second kappa shape index (κ2) is 5.33. The maximum Gasteiger partial charge on any atom is 0.220 e. The number of hydrogen-bond donors (Lipinski definition) is 3. The third kappa shape index (κ3) is 2.81. The standard InChI is InChI=1S/C14H22N4O/c15-12-3-1-2-9(12)7-14(19)17-11-4-5-13-10(6-11)8-16-18-13/h8-9,11-12H,1-7,15H2,(H,16,18)(H,17,19)/t9-,11?,12+/m0/s1. The molecule has 1 aromatic heterocycles. The van der Waals surface area contributed by atoms with Gasteiger partial charge in [0.1, 0.15) is 0 Å². The van der Waals surface area contributed by atoms with Gasteiger partial charge in [-0.2, -0.15) is 5.10 Å². The number of H-pyrrole nitrogens is 1. The Morgan fingerprint density at radius 3 is 3.16 bits per heavy atom. The zero-order valence-corrected chi connectivity index (χ0v) is 11.2. The minimum atomic E-state index is 0.166. The molecule has 1 amide bonds. The highest BCUT2D eigenvalue weighted by Gasteiger charge is 2.27. The van der Waals surface area contributed by atoms with Crippen molar-refractivity contribution in [2.75, 3.05) is 0 Å². The van der Waals surface area contributed by atoms with E-state index in [0.29, 0.717) is 12.3 Å². The summed E-state index contributed by atoms with van der Waals surface area (Å²) in [5.74, 6) is 0.548. The van der Waals surface area contributed by atoms with Crippen molar-refractivity contribution in [1.29, 1.82) is 0 Å². The highest BCUT2D eigenvalue weighted by Crippen LogP contribution is 2.27.